The number of hydrogen-bond acceptors (Lipinski definition) is 3. The smallest absolute Gasteiger partial charge is 0.257 e. The highest BCUT2D eigenvalue weighted by atomic mass is 79.9. The summed E-state index contributed by atoms with van der Waals surface area (Å²) in [5.41, 5.74) is 0.683. The van der Waals surface area contributed by atoms with E-state index in [1.165, 1.54) is 6.07 Å². The summed E-state index contributed by atoms with van der Waals surface area (Å²) in [5, 5.41) is 2.78. The molecule has 2 aromatic rings. The van der Waals surface area contributed by atoms with Gasteiger partial charge >= 0.3 is 0 Å². The fourth-order valence-electron chi connectivity index (χ4n) is 1.79. The van der Waals surface area contributed by atoms with E-state index in [0.717, 1.165) is 10.2 Å². The van der Waals surface area contributed by atoms with Crippen molar-refractivity contribution in [3.63, 3.8) is 0 Å². The Hall–Kier alpha value is -1.53. The molecule has 2 aromatic carbocycles. The Bertz CT molecular complexity index is 637. The van der Waals surface area contributed by atoms with Gasteiger partial charge in [0, 0.05) is 22.5 Å². The molecule has 0 saturated carbocycles. The first-order valence-corrected chi connectivity index (χ1v) is 9.06. The minimum atomic E-state index is -0.188. The van der Waals surface area contributed by atoms with E-state index >= 15 is 0 Å². The number of carbonyl (C=O) groups excluding carboxylic acids is 1. The number of thioether (sulfide) groups is 1. The largest absolute Gasteiger partial charge is 0.484 e. The van der Waals surface area contributed by atoms with Crippen molar-refractivity contribution >= 4 is 33.6 Å². The number of carbonyl (C=O) groups is 1. The summed E-state index contributed by atoms with van der Waals surface area (Å²) in [5.74, 6) is 1.61. The van der Waals surface area contributed by atoms with E-state index in [9.17, 15) is 9.18 Å². The van der Waals surface area contributed by atoms with Gasteiger partial charge in [-0.1, -0.05) is 34.1 Å². The number of benzene rings is 2. The fourth-order valence-corrected chi connectivity index (χ4v) is 2.90. The fraction of sp³-hybridized carbons (Fsp3) is 0.235. The minimum Gasteiger partial charge on any atom is -0.484 e. The number of halogens is 2. The molecule has 0 aliphatic rings. The minimum absolute atomic E-state index is 0.0143. The van der Waals surface area contributed by atoms with Crippen LogP contribution in [-0.2, 0) is 10.5 Å². The average molecular weight is 398 g/mol. The zero-order valence-electron chi connectivity index (χ0n) is 12.4. The Morgan fingerprint density at radius 2 is 1.91 bits per heavy atom. The first-order valence-electron chi connectivity index (χ1n) is 7.11. The lowest BCUT2D eigenvalue weighted by Crippen LogP contribution is -2.30. The van der Waals surface area contributed by atoms with Gasteiger partial charge in [0.05, 0.1) is 0 Å². The molecular weight excluding hydrogens is 381 g/mol. The van der Waals surface area contributed by atoms with Crippen LogP contribution in [0.4, 0.5) is 4.39 Å². The van der Waals surface area contributed by atoms with Gasteiger partial charge in [0.25, 0.3) is 5.91 Å². The number of ether oxygens (including phenoxy) is 1. The topological polar surface area (TPSA) is 38.3 Å². The lowest BCUT2D eigenvalue weighted by atomic mass is 10.2. The van der Waals surface area contributed by atoms with Crippen LogP contribution in [0.5, 0.6) is 5.75 Å². The zero-order chi connectivity index (χ0) is 16.5. The van der Waals surface area contributed by atoms with Crippen LogP contribution >= 0.6 is 27.7 Å². The van der Waals surface area contributed by atoms with E-state index in [0.29, 0.717) is 23.6 Å². The molecule has 122 valence electrons. The first kappa shape index (κ1) is 17.8. The van der Waals surface area contributed by atoms with Gasteiger partial charge in [-0.25, -0.2) is 4.39 Å². The Morgan fingerprint density at radius 1 is 1.17 bits per heavy atom. The quantitative estimate of drug-likeness (QED) is 0.683. The molecule has 0 radical (unpaired) electrons. The van der Waals surface area contributed by atoms with Gasteiger partial charge in [-0.2, -0.15) is 11.8 Å². The monoisotopic (exact) mass is 397 g/mol. The molecule has 0 unspecified atom stereocenters. The number of hydrogen-bond donors (Lipinski definition) is 1. The Morgan fingerprint density at radius 3 is 2.65 bits per heavy atom. The Labute approximate surface area is 147 Å². The molecule has 23 heavy (non-hydrogen) atoms. The summed E-state index contributed by atoms with van der Waals surface area (Å²) in [6.07, 6.45) is 0. The van der Waals surface area contributed by atoms with E-state index in [4.69, 9.17) is 4.74 Å². The molecule has 0 aromatic heterocycles. The standard InChI is InChI=1S/C17H17BrFNO2S/c18-14-5-7-15(8-6-14)22-11-17(21)20-9-10-23-12-13-3-1-2-4-16(13)19/h1-8H,9-12H2,(H,20,21). The van der Waals surface area contributed by atoms with Crippen molar-refractivity contribution < 1.29 is 13.9 Å². The van der Waals surface area contributed by atoms with Crippen LogP contribution in [0, 0.1) is 5.82 Å². The number of rotatable bonds is 8. The summed E-state index contributed by atoms with van der Waals surface area (Å²) in [6, 6.07) is 14.0. The normalized spacial score (nSPS) is 10.3. The molecule has 1 N–H and O–H groups in total. The second kappa shape index (κ2) is 9.57. The second-order valence-corrected chi connectivity index (χ2v) is 6.76. The highest BCUT2D eigenvalue weighted by Gasteiger charge is 2.03. The van der Waals surface area contributed by atoms with Gasteiger partial charge in [-0.05, 0) is 35.9 Å². The SMILES string of the molecule is O=C(COc1ccc(Br)cc1)NCCSCc1ccccc1F. The molecule has 0 aliphatic carbocycles. The van der Waals surface area contributed by atoms with Crippen molar-refractivity contribution in [2.24, 2.45) is 0 Å². The molecular formula is C17H17BrFNO2S. The molecule has 0 atom stereocenters. The summed E-state index contributed by atoms with van der Waals surface area (Å²) in [4.78, 5) is 11.7. The van der Waals surface area contributed by atoms with Crippen molar-refractivity contribution in [3.05, 3.63) is 64.4 Å². The van der Waals surface area contributed by atoms with Crippen molar-refractivity contribution in [2.45, 2.75) is 5.75 Å². The molecule has 1 amide bonds. The van der Waals surface area contributed by atoms with Gasteiger partial charge < -0.3 is 10.1 Å². The molecule has 0 saturated heterocycles. The maximum absolute atomic E-state index is 13.4. The van der Waals surface area contributed by atoms with Crippen molar-refractivity contribution in [2.75, 3.05) is 18.9 Å². The Balaban J connectivity index is 1.58. The highest BCUT2D eigenvalue weighted by molar-refractivity contribution is 9.10. The first-order chi connectivity index (χ1) is 11.1. The van der Waals surface area contributed by atoms with Crippen molar-refractivity contribution in [3.8, 4) is 5.75 Å². The lowest BCUT2D eigenvalue weighted by molar-refractivity contribution is -0.122. The van der Waals surface area contributed by atoms with Crippen LogP contribution in [0.1, 0.15) is 5.56 Å². The third-order valence-corrected chi connectivity index (χ3v) is 4.50. The van der Waals surface area contributed by atoms with E-state index in [2.05, 4.69) is 21.2 Å². The second-order valence-electron chi connectivity index (χ2n) is 4.74. The van der Waals surface area contributed by atoms with Crippen LogP contribution in [-0.4, -0.2) is 24.8 Å². The summed E-state index contributed by atoms with van der Waals surface area (Å²) >= 11 is 4.91. The predicted octanol–water partition coefficient (Wildman–Crippen LogP) is 4.02. The summed E-state index contributed by atoms with van der Waals surface area (Å²) < 4.78 is 19.7. The summed E-state index contributed by atoms with van der Waals surface area (Å²) in [6.45, 7) is 0.515. The Kier molecular flexibility index (Phi) is 7.42. The van der Waals surface area contributed by atoms with E-state index < -0.39 is 0 Å². The van der Waals surface area contributed by atoms with Crippen LogP contribution < -0.4 is 10.1 Å². The predicted molar refractivity (Wildman–Crippen MR) is 95.2 cm³/mol. The van der Waals surface area contributed by atoms with Crippen LogP contribution in [0.3, 0.4) is 0 Å². The third kappa shape index (κ3) is 6.62. The molecule has 0 bridgehead atoms. The maximum atomic E-state index is 13.4. The number of nitrogens with one attached hydrogen (secondary N) is 1. The molecule has 6 heteroatoms. The van der Waals surface area contributed by atoms with Gasteiger partial charge in [-0.15, -0.1) is 0 Å². The van der Waals surface area contributed by atoms with Gasteiger partial charge in [0.15, 0.2) is 6.61 Å². The third-order valence-electron chi connectivity index (χ3n) is 2.97. The molecule has 0 fully saturated rings. The van der Waals surface area contributed by atoms with Gasteiger partial charge in [-0.3, -0.25) is 4.79 Å². The molecule has 0 spiro atoms. The van der Waals surface area contributed by atoms with E-state index in [1.54, 1.807) is 36.0 Å². The van der Waals surface area contributed by atoms with Crippen LogP contribution in [0.2, 0.25) is 0 Å². The number of amides is 1. The van der Waals surface area contributed by atoms with E-state index in [-0.39, 0.29) is 18.3 Å². The zero-order valence-corrected chi connectivity index (χ0v) is 14.8. The van der Waals surface area contributed by atoms with Crippen LogP contribution in [0.15, 0.2) is 53.0 Å². The van der Waals surface area contributed by atoms with Gasteiger partial charge in [0.2, 0.25) is 0 Å². The van der Waals surface area contributed by atoms with Gasteiger partial charge in [0.1, 0.15) is 11.6 Å². The lowest BCUT2D eigenvalue weighted by Gasteiger charge is -2.08. The highest BCUT2D eigenvalue weighted by Crippen LogP contribution is 2.16. The molecule has 0 heterocycles. The molecule has 0 aliphatic heterocycles. The van der Waals surface area contributed by atoms with Crippen LogP contribution in [0.25, 0.3) is 0 Å². The average Bonchev–Trinajstić information content (AvgIpc) is 2.55. The molecule has 2 rings (SSSR count). The maximum Gasteiger partial charge on any atom is 0.257 e. The van der Waals surface area contributed by atoms with E-state index in [1.807, 2.05) is 18.2 Å². The molecule has 3 nitrogen and oxygen atoms in total. The van der Waals surface area contributed by atoms with Crippen molar-refractivity contribution in [1.29, 1.82) is 0 Å². The summed E-state index contributed by atoms with van der Waals surface area (Å²) in [7, 11) is 0. The van der Waals surface area contributed by atoms with Crippen molar-refractivity contribution in [1.82, 2.24) is 5.32 Å².